The first-order valence-corrected chi connectivity index (χ1v) is 6.28. The van der Waals surface area contributed by atoms with Crippen molar-refractivity contribution in [1.82, 2.24) is 5.32 Å². The van der Waals surface area contributed by atoms with Gasteiger partial charge in [-0.25, -0.2) is 0 Å². The molecule has 0 radical (unpaired) electrons. The summed E-state index contributed by atoms with van der Waals surface area (Å²) < 4.78 is 0. The number of nitrogens with two attached hydrogens (primary N) is 1. The van der Waals surface area contributed by atoms with Crippen LogP contribution in [0, 0.1) is 11.8 Å². The zero-order valence-electron chi connectivity index (χ0n) is 9.47. The van der Waals surface area contributed by atoms with Gasteiger partial charge in [-0.05, 0) is 50.4 Å². The van der Waals surface area contributed by atoms with Crippen molar-refractivity contribution < 1.29 is 0 Å². The van der Waals surface area contributed by atoms with Crippen LogP contribution in [-0.4, -0.2) is 17.6 Å². The van der Waals surface area contributed by atoms with Gasteiger partial charge in [0.1, 0.15) is 0 Å². The van der Waals surface area contributed by atoms with E-state index in [0.717, 1.165) is 18.4 Å². The van der Waals surface area contributed by atoms with Gasteiger partial charge in [-0.15, -0.1) is 6.58 Å². The van der Waals surface area contributed by atoms with E-state index in [1.165, 1.54) is 38.5 Å². The Morgan fingerprint density at radius 3 is 2.47 bits per heavy atom. The first-order valence-electron chi connectivity index (χ1n) is 6.28. The fourth-order valence-corrected chi connectivity index (χ4v) is 4.83. The van der Waals surface area contributed by atoms with Crippen molar-refractivity contribution in [3.05, 3.63) is 12.7 Å². The van der Waals surface area contributed by atoms with Crippen molar-refractivity contribution >= 4 is 0 Å². The van der Waals surface area contributed by atoms with Gasteiger partial charge in [0.25, 0.3) is 0 Å². The molecule has 0 aromatic heterocycles. The van der Waals surface area contributed by atoms with Crippen molar-refractivity contribution in [3.63, 3.8) is 0 Å². The standard InChI is InChI=1S/C13H22N2/c1-2-3-15-13-7-10-4-11(8-13)6-12(14,5-10)9-13/h2,10-11,15H,1,3-9,14H2. The molecule has 0 saturated heterocycles. The van der Waals surface area contributed by atoms with Gasteiger partial charge in [-0.2, -0.15) is 0 Å². The summed E-state index contributed by atoms with van der Waals surface area (Å²) in [4.78, 5) is 0. The summed E-state index contributed by atoms with van der Waals surface area (Å²) in [6.45, 7) is 4.74. The minimum absolute atomic E-state index is 0.165. The molecule has 0 heterocycles. The Morgan fingerprint density at radius 2 is 1.93 bits per heavy atom. The molecular formula is C13H22N2. The zero-order chi connectivity index (χ0) is 10.5. The van der Waals surface area contributed by atoms with Crippen LogP contribution in [-0.2, 0) is 0 Å². The van der Waals surface area contributed by atoms with E-state index in [-0.39, 0.29) is 5.54 Å². The Kier molecular flexibility index (Phi) is 2.02. The summed E-state index contributed by atoms with van der Waals surface area (Å²) >= 11 is 0. The van der Waals surface area contributed by atoms with Crippen molar-refractivity contribution in [3.8, 4) is 0 Å². The third-order valence-corrected chi connectivity index (χ3v) is 4.73. The van der Waals surface area contributed by atoms with E-state index in [2.05, 4.69) is 11.9 Å². The summed E-state index contributed by atoms with van der Waals surface area (Å²) in [6, 6.07) is 0. The van der Waals surface area contributed by atoms with Gasteiger partial charge in [-0.3, -0.25) is 0 Å². The number of hydrogen-bond acceptors (Lipinski definition) is 2. The van der Waals surface area contributed by atoms with Crippen LogP contribution in [0.1, 0.15) is 38.5 Å². The quantitative estimate of drug-likeness (QED) is 0.691. The lowest BCUT2D eigenvalue weighted by Gasteiger charge is -2.61. The average molecular weight is 206 g/mol. The molecule has 0 aromatic rings. The number of hydrogen-bond donors (Lipinski definition) is 2. The van der Waals surface area contributed by atoms with Crippen LogP contribution in [0.5, 0.6) is 0 Å². The fourth-order valence-electron chi connectivity index (χ4n) is 4.83. The Labute approximate surface area is 92.3 Å². The summed E-state index contributed by atoms with van der Waals surface area (Å²) in [7, 11) is 0. The average Bonchev–Trinajstić information content (AvgIpc) is 2.10. The highest BCUT2D eigenvalue weighted by molar-refractivity contribution is 5.14. The fraction of sp³-hybridized carbons (Fsp3) is 0.846. The van der Waals surface area contributed by atoms with Gasteiger partial charge in [0.05, 0.1) is 0 Å². The maximum absolute atomic E-state index is 6.51. The van der Waals surface area contributed by atoms with Crippen molar-refractivity contribution in [2.24, 2.45) is 17.6 Å². The van der Waals surface area contributed by atoms with E-state index in [4.69, 9.17) is 5.73 Å². The molecule has 0 aliphatic heterocycles. The minimum atomic E-state index is 0.165. The SMILES string of the molecule is C=CCNC12CC3CC(CC(N)(C3)C1)C2. The third kappa shape index (κ3) is 1.55. The molecule has 2 nitrogen and oxygen atoms in total. The second-order valence-electron chi connectivity index (χ2n) is 6.27. The van der Waals surface area contributed by atoms with Gasteiger partial charge in [0.15, 0.2) is 0 Å². The summed E-state index contributed by atoms with van der Waals surface area (Å²) in [6.07, 6.45) is 9.88. The maximum Gasteiger partial charge on any atom is 0.0207 e. The van der Waals surface area contributed by atoms with E-state index in [0.29, 0.717) is 5.54 Å². The first-order chi connectivity index (χ1) is 7.13. The Morgan fingerprint density at radius 1 is 1.27 bits per heavy atom. The van der Waals surface area contributed by atoms with Crippen molar-refractivity contribution in [2.45, 2.75) is 49.6 Å². The monoisotopic (exact) mass is 206 g/mol. The lowest BCUT2D eigenvalue weighted by molar-refractivity contribution is -0.0339. The van der Waals surface area contributed by atoms with E-state index in [1.807, 2.05) is 6.08 Å². The van der Waals surface area contributed by atoms with E-state index in [1.54, 1.807) is 0 Å². The van der Waals surface area contributed by atoms with Crippen LogP contribution in [0.4, 0.5) is 0 Å². The number of rotatable bonds is 3. The van der Waals surface area contributed by atoms with Gasteiger partial charge in [-0.1, -0.05) is 6.08 Å². The minimum Gasteiger partial charge on any atom is -0.325 e. The highest BCUT2D eigenvalue weighted by Crippen LogP contribution is 2.56. The molecule has 0 aromatic carbocycles. The smallest absolute Gasteiger partial charge is 0.0207 e. The molecule has 4 aliphatic carbocycles. The Hall–Kier alpha value is -0.340. The van der Waals surface area contributed by atoms with Crippen LogP contribution < -0.4 is 11.1 Å². The van der Waals surface area contributed by atoms with Crippen LogP contribution in [0.3, 0.4) is 0 Å². The molecular weight excluding hydrogens is 184 g/mol. The van der Waals surface area contributed by atoms with E-state index >= 15 is 0 Å². The van der Waals surface area contributed by atoms with Crippen LogP contribution in [0.25, 0.3) is 0 Å². The van der Waals surface area contributed by atoms with Crippen molar-refractivity contribution in [2.75, 3.05) is 6.54 Å². The summed E-state index contributed by atoms with van der Waals surface area (Å²) in [5.41, 5.74) is 7.04. The van der Waals surface area contributed by atoms with Gasteiger partial charge in [0.2, 0.25) is 0 Å². The predicted octanol–water partition coefficient (Wildman–Crippen LogP) is 1.81. The van der Waals surface area contributed by atoms with Crippen LogP contribution in [0.15, 0.2) is 12.7 Å². The molecule has 84 valence electrons. The lowest BCUT2D eigenvalue weighted by atomic mass is 9.50. The normalized spacial score (nSPS) is 52.1. The molecule has 4 aliphatic rings. The molecule has 2 heteroatoms. The topological polar surface area (TPSA) is 38.0 Å². The second kappa shape index (κ2) is 3.08. The predicted molar refractivity (Wildman–Crippen MR) is 62.5 cm³/mol. The van der Waals surface area contributed by atoms with Crippen molar-refractivity contribution in [1.29, 1.82) is 0 Å². The third-order valence-electron chi connectivity index (χ3n) is 4.73. The molecule has 2 unspecified atom stereocenters. The largest absolute Gasteiger partial charge is 0.325 e. The van der Waals surface area contributed by atoms with E-state index < -0.39 is 0 Å². The Bertz CT molecular complexity index is 270. The summed E-state index contributed by atoms with van der Waals surface area (Å²) in [5.74, 6) is 1.79. The zero-order valence-corrected chi connectivity index (χ0v) is 9.47. The highest BCUT2D eigenvalue weighted by atomic mass is 15.0. The molecule has 4 fully saturated rings. The number of nitrogens with one attached hydrogen (secondary N) is 1. The molecule has 4 bridgehead atoms. The molecule has 15 heavy (non-hydrogen) atoms. The molecule has 0 spiro atoms. The van der Waals surface area contributed by atoms with Gasteiger partial charge in [0, 0.05) is 17.6 Å². The van der Waals surface area contributed by atoms with Crippen LogP contribution in [0.2, 0.25) is 0 Å². The molecule has 4 saturated carbocycles. The second-order valence-corrected chi connectivity index (χ2v) is 6.27. The maximum atomic E-state index is 6.51. The summed E-state index contributed by atoms with van der Waals surface area (Å²) in [5, 5.41) is 3.70. The lowest BCUT2D eigenvalue weighted by Crippen LogP contribution is -2.67. The Balaban J connectivity index is 1.83. The van der Waals surface area contributed by atoms with Crippen LogP contribution >= 0.6 is 0 Å². The first kappa shape index (κ1) is 9.86. The molecule has 4 rings (SSSR count). The highest BCUT2D eigenvalue weighted by Gasteiger charge is 2.55. The van der Waals surface area contributed by atoms with Gasteiger partial charge >= 0.3 is 0 Å². The van der Waals surface area contributed by atoms with E-state index in [9.17, 15) is 0 Å². The molecule has 2 atom stereocenters. The molecule has 3 N–H and O–H groups in total. The molecule has 0 amide bonds. The van der Waals surface area contributed by atoms with Gasteiger partial charge < -0.3 is 11.1 Å².